The predicted molar refractivity (Wildman–Crippen MR) is 163 cm³/mol. The Kier molecular flexibility index (Phi) is 29.3. The van der Waals surface area contributed by atoms with Crippen molar-refractivity contribution in [2.75, 3.05) is 102 Å². The van der Waals surface area contributed by atoms with Crippen molar-refractivity contribution in [2.45, 2.75) is 25.0 Å². The van der Waals surface area contributed by atoms with Gasteiger partial charge in [-0.1, -0.05) is 13.2 Å². The van der Waals surface area contributed by atoms with Gasteiger partial charge in [-0.25, -0.2) is 9.59 Å². The number of carbonyl (C=O) groups excluding carboxylic acids is 4. The van der Waals surface area contributed by atoms with Crippen molar-refractivity contribution in [3.8, 4) is 0 Å². The molecule has 0 aromatic carbocycles. The van der Waals surface area contributed by atoms with Gasteiger partial charge in [-0.3, -0.25) is 9.59 Å². The summed E-state index contributed by atoms with van der Waals surface area (Å²) in [5.41, 5.74) is 0. The molecule has 0 aromatic rings. The SMILES string of the molecule is C=CC(=O)OCCOCCOCCOC(=O)CCSCC(O)C(O)CSCCC(=O)OCCOCCOCCOC(=O)C=C. The first-order valence-electron chi connectivity index (χ1n) is 14.0. The minimum absolute atomic E-state index is 0.106. The summed E-state index contributed by atoms with van der Waals surface area (Å²) >= 11 is 2.65. The van der Waals surface area contributed by atoms with E-state index in [2.05, 4.69) is 13.2 Å². The monoisotopic (exact) mass is 670 g/mol. The van der Waals surface area contributed by atoms with Gasteiger partial charge in [0, 0.05) is 35.2 Å². The van der Waals surface area contributed by atoms with Crippen molar-refractivity contribution in [3.63, 3.8) is 0 Å². The van der Waals surface area contributed by atoms with Crippen LogP contribution in [0.2, 0.25) is 0 Å². The molecule has 0 saturated carbocycles. The predicted octanol–water partition coefficient (Wildman–Crippen LogP) is 0.566. The number of rotatable bonds is 31. The Bertz CT molecular complexity index is 734. The maximum Gasteiger partial charge on any atom is 0.330 e. The molecule has 2 atom stereocenters. The molecule has 0 fully saturated rings. The van der Waals surface area contributed by atoms with Crippen molar-refractivity contribution in [3.05, 3.63) is 25.3 Å². The summed E-state index contributed by atoms with van der Waals surface area (Å²) in [7, 11) is 0. The minimum Gasteiger partial charge on any atom is -0.463 e. The Morgan fingerprint density at radius 1 is 0.523 bits per heavy atom. The lowest BCUT2D eigenvalue weighted by Gasteiger charge is -2.17. The van der Waals surface area contributed by atoms with Gasteiger partial charge in [0.2, 0.25) is 0 Å². The molecule has 0 aliphatic carbocycles. The molecule has 0 rings (SSSR count). The molecule has 0 aliphatic heterocycles. The zero-order chi connectivity index (χ0) is 32.7. The van der Waals surface area contributed by atoms with Gasteiger partial charge >= 0.3 is 23.9 Å². The van der Waals surface area contributed by atoms with Crippen molar-refractivity contribution in [1.82, 2.24) is 0 Å². The number of hydrogen-bond acceptors (Lipinski definition) is 16. The maximum absolute atomic E-state index is 11.8. The summed E-state index contributed by atoms with van der Waals surface area (Å²) in [6.45, 7) is 9.20. The van der Waals surface area contributed by atoms with Crippen molar-refractivity contribution < 1.29 is 67.3 Å². The van der Waals surface area contributed by atoms with Crippen LogP contribution in [0.15, 0.2) is 25.3 Å². The fourth-order valence-corrected chi connectivity index (χ4v) is 4.56. The average Bonchev–Trinajstić information content (AvgIpc) is 3.02. The second kappa shape index (κ2) is 30.8. The zero-order valence-electron chi connectivity index (χ0n) is 25.1. The van der Waals surface area contributed by atoms with E-state index in [9.17, 15) is 29.4 Å². The highest BCUT2D eigenvalue weighted by atomic mass is 32.2. The molecule has 16 heteroatoms. The van der Waals surface area contributed by atoms with Gasteiger partial charge in [0.25, 0.3) is 0 Å². The van der Waals surface area contributed by atoms with Crippen LogP contribution in [-0.4, -0.2) is 149 Å². The first-order valence-corrected chi connectivity index (χ1v) is 16.3. The van der Waals surface area contributed by atoms with Crippen LogP contribution in [0.1, 0.15) is 12.8 Å². The van der Waals surface area contributed by atoms with E-state index < -0.39 is 24.1 Å². The lowest BCUT2D eigenvalue weighted by molar-refractivity contribution is -0.145. The highest BCUT2D eigenvalue weighted by molar-refractivity contribution is 7.99. The first kappa shape index (κ1) is 41.8. The van der Waals surface area contributed by atoms with Gasteiger partial charge in [-0.2, -0.15) is 23.5 Å². The summed E-state index contributed by atoms with van der Waals surface area (Å²) in [4.78, 5) is 45.2. The topological polar surface area (TPSA) is 183 Å². The third kappa shape index (κ3) is 28.6. The molecule has 0 heterocycles. The van der Waals surface area contributed by atoms with Gasteiger partial charge in [-0.05, 0) is 0 Å². The second-order valence-corrected chi connectivity index (χ2v) is 10.7. The zero-order valence-corrected chi connectivity index (χ0v) is 26.7. The molecule has 0 aromatic heterocycles. The highest BCUT2D eigenvalue weighted by Crippen LogP contribution is 2.13. The lowest BCUT2D eigenvalue weighted by Crippen LogP contribution is -2.30. The van der Waals surface area contributed by atoms with Crippen LogP contribution in [0.4, 0.5) is 0 Å². The molecular formula is C28H46O14S2. The Balaban J connectivity index is 3.53. The van der Waals surface area contributed by atoms with E-state index in [0.29, 0.717) is 37.9 Å². The van der Waals surface area contributed by atoms with Crippen LogP contribution in [0, 0.1) is 0 Å². The number of esters is 4. The third-order valence-electron chi connectivity index (χ3n) is 4.93. The molecule has 0 bridgehead atoms. The molecule has 44 heavy (non-hydrogen) atoms. The molecule has 0 aliphatic rings. The summed E-state index contributed by atoms with van der Waals surface area (Å²) in [5.74, 6) is -0.438. The first-order chi connectivity index (χ1) is 21.3. The number of carbonyl (C=O) groups is 4. The standard InChI is InChI=1S/C28H46O14S2/c1-3-25(31)39-15-11-35-7-9-37-13-17-41-27(33)5-19-43-21-23(29)24(30)22-44-20-6-28(34)42-18-14-38-10-8-36-12-16-40-26(32)4-2/h3-4,23-24,29-30H,1-2,5-22H2. The van der Waals surface area contributed by atoms with Crippen molar-refractivity contribution in [1.29, 1.82) is 0 Å². The van der Waals surface area contributed by atoms with Crippen LogP contribution in [-0.2, 0) is 57.1 Å². The Hall–Kier alpha value is -2.18. The van der Waals surface area contributed by atoms with E-state index >= 15 is 0 Å². The van der Waals surface area contributed by atoms with Crippen LogP contribution in [0.25, 0.3) is 0 Å². The van der Waals surface area contributed by atoms with Crippen LogP contribution < -0.4 is 0 Å². The molecule has 0 radical (unpaired) electrons. The fraction of sp³-hybridized carbons (Fsp3) is 0.714. The van der Waals surface area contributed by atoms with Crippen molar-refractivity contribution >= 4 is 47.4 Å². The third-order valence-corrected chi connectivity index (χ3v) is 7.07. The van der Waals surface area contributed by atoms with E-state index in [-0.39, 0.29) is 89.1 Å². The molecule has 2 N–H and O–H groups in total. The van der Waals surface area contributed by atoms with Crippen LogP contribution in [0.3, 0.4) is 0 Å². The molecule has 14 nitrogen and oxygen atoms in total. The van der Waals surface area contributed by atoms with E-state index in [1.165, 1.54) is 23.5 Å². The second-order valence-electron chi connectivity index (χ2n) is 8.42. The number of ether oxygens (including phenoxy) is 8. The van der Waals surface area contributed by atoms with Gasteiger partial charge in [0.15, 0.2) is 0 Å². The normalized spacial score (nSPS) is 12.1. The molecule has 0 saturated heterocycles. The average molecular weight is 671 g/mol. The summed E-state index contributed by atoms with van der Waals surface area (Å²) in [6, 6.07) is 0. The number of aliphatic hydroxyl groups excluding tert-OH is 2. The number of hydrogen-bond donors (Lipinski definition) is 2. The van der Waals surface area contributed by atoms with Crippen LogP contribution >= 0.6 is 23.5 Å². The summed E-state index contributed by atoms with van der Waals surface area (Å²) in [5, 5.41) is 20.2. The molecule has 0 spiro atoms. The van der Waals surface area contributed by atoms with Crippen molar-refractivity contribution in [2.24, 2.45) is 0 Å². The Labute approximate surface area is 267 Å². The minimum atomic E-state index is -0.969. The fourth-order valence-electron chi connectivity index (χ4n) is 2.68. The summed E-state index contributed by atoms with van der Waals surface area (Å²) < 4.78 is 40.6. The van der Waals surface area contributed by atoms with Gasteiger partial charge < -0.3 is 48.1 Å². The molecule has 254 valence electrons. The smallest absolute Gasteiger partial charge is 0.330 e. The van der Waals surface area contributed by atoms with Crippen LogP contribution in [0.5, 0.6) is 0 Å². The quantitative estimate of drug-likeness (QED) is 0.0451. The van der Waals surface area contributed by atoms with E-state index in [4.69, 9.17) is 37.9 Å². The molecule has 0 amide bonds. The number of aliphatic hydroxyl groups is 2. The van der Waals surface area contributed by atoms with E-state index in [1.807, 2.05) is 0 Å². The molecule has 2 unspecified atom stereocenters. The van der Waals surface area contributed by atoms with Gasteiger partial charge in [-0.15, -0.1) is 0 Å². The van der Waals surface area contributed by atoms with E-state index in [0.717, 1.165) is 12.2 Å². The summed E-state index contributed by atoms with van der Waals surface area (Å²) in [6.07, 6.45) is 0.524. The number of thioether (sulfide) groups is 2. The van der Waals surface area contributed by atoms with E-state index in [1.54, 1.807) is 0 Å². The van der Waals surface area contributed by atoms with Gasteiger partial charge in [0.1, 0.15) is 26.4 Å². The largest absolute Gasteiger partial charge is 0.463 e. The molecular weight excluding hydrogens is 624 g/mol. The van der Waals surface area contributed by atoms with Gasteiger partial charge in [0.05, 0.1) is 77.9 Å². The Morgan fingerprint density at radius 2 is 0.818 bits per heavy atom. The lowest BCUT2D eigenvalue weighted by atomic mass is 10.3. The maximum atomic E-state index is 11.8. The Morgan fingerprint density at radius 3 is 1.14 bits per heavy atom. The highest BCUT2D eigenvalue weighted by Gasteiger charge is 2.17.